The van der Waals surface area contributed by atoms with Crippen LogP contribution in [0.2, 0.25) is 0 Å². The quantitative estimate of drug-likeness (QED) is 0.520. The van der Waals surface area contributed by atoms with Crippen molar-refractivity contribution in [1.82, 2.24) is 9.97 Å². The van der Waals surface area contributed by atoms with Gasteiger partial charge in [0.2, 0.25) is 0 Å². The maximum atomic E-state index is 5.17. The molecule has 124 valence electrons. The minimum absolute atomic E-state index is 0.830. The molecule has 0 aliphatic rings. The Labute approximate surface area is 149 Å². The largest absolute Gasteiger partial charge is 0.497 e. The van der Waals surface area contributed by atoms with Crippen LogP contribution in [-0.2, 0) is 0 Å². The molecule has 2 heterocycles. The Morgan fingerprint density at radius 1 is 0.800 bits per heavy atom. The number of methoxy groups -OCH3 is 1. The second-order valence-corrected chi connectivity index (χ2v) is 6.33. The summed E-state index contributed by atoms with van der Waals surface area (Å²) in [5.74, 6) is 1.67. The van der Waals surface area contributed by atoms with Crippen LogP contribution >= 0.6 is 11.3 Å². The van der Waals surface area contributed by atoms with Crippen LogP contribution in [0.25, 0.3) is 10.2 Å². The number of benzene rings is 2. The van der Waals surface area contributed by atoms with Crippen LogP contribution in [0.4, 0.5) is 22.9 Å². The molecular weight excluding hydrogens is 332 g/mol. The number of rotatable bonds is 5. The smallest absolute Gasteiger partial charge is 0.151 e. The summed E-state index contributed by atoms with van der Waals surface area (Å²) in [4.78, 5) is 8.60. The molecule has 0 spiro atoms. The van der Waals surface area contributed by atoms with Crippen LogP contribution in [0.15, 0.2) is 66.3 Å². The maximum absolute atomic E-state index is 5.17. The van der Waals surface area contributed by atoms with Crippen molar-refractivity contribution in [3.63, 3.8) is 0 Å². The van der Waals surface area contributed by atoms with Crippen molar-refractivity contribution < 1.29 is 4.74 Å². The van der Waals surface area contributed by atoms with Gasteiger partial charge in [-0.1, -0.05) is 0 Å². The topological polar surface area (TPSA) is 59.1 Å². The molecule has 0 unspecified atom stereocenters. The molecule has 6 heteroatoms. The van der Waals surface area contributed by atoms with Gasteiger partial charge in [-0.3, -0.25) is 0 Å². The summed E-state index contributed by atoms with van der Waals surface area (Å²) in [6.45, 7) is 0. The third-order valence-electron chi connectivity index (χ3n) is 3.77. The fourth-order valence-corrected chi connectivity index (χ4v) is 3.28. The summed E-state index contributed by atoms with van der Waals surface area (Å²) >= 11 is 1.63. The molecule has 4 rings (SSSR count). The van der Waals surface area contributed by atoms with Crippen molar-refractivity contribution >= 4 is 44.4 Å². The van der Waals surface area contributed by atoms with Gasteiger partial charge >= 0.3 is 0 Å². The first kappa shape index (κ1) is 15.4. The predicted molar refractivity (Wildman–Crippen MR) is 103 cm³/mol. The summed E-state index contributed by atoms with van der Waals surface area (Å²) in [7, 11) is 1.66. The van der Waals surface area contributed by atoms with E-state index in [4.69, 9.17) is 4.74 Å². The van der Waals surface area contributed by atoms with Gasteiger partial charge in [0.25, 0.3) is 0 Å². The number of fused-ring (bicyclic) bond motifs is 1. The van der Waals surface area contributed by atoms with E-state index in [-0.39, 0.29) is 0 Å². The third-order valence-corrected chi connectivity index (χ3v) is 4.68. The minimum atomic E-state index is 0.830. The Hall–Kier alpha value is -3.12. The number of thiophene rings is 1. The molecule has 0 fully saturated rings. The average Bonchev–Trinajstić information content (AvgIpc) is 3.14. The number of aromatic nitrogens is 2. The first-order valence-corrected chi connectivity index (χ1v) is 8.66. The molecule has 2 N–H and O–H groups in total. The van der Waals surface area contributed by atoms with Gasteiger partial charge in [-0.15, -0.1) is 11.3 Å². The Morgan fingerprint density at radius 2 is 1.44 bits per heavy atom. The van der Waals surface area contributed by atoms with Gasteiger partial charge in [0.15, 0.2) is 5.82 Å². The molecule has 0 saturated carbocycles. The molecule has 0 atom stereocenters. The monoisotopic (exact) mass is 348 g/mol. The zero-order valence-corrected chi connectivity index (χ0v) is 14.4. The molecule has 4 aromatic rings. The molecule has 5 nitrogen and oxygen atoms in total. The van der Waals surface area contributed by atoms with E-state index in [0.29, 0.717) is 0 Å². The minimum Gasteiger partial charge on any atom is -0.497 e. The lowest BCUT2D eigenvalue weighted by molar-refractivity contribution is 0.415. The molecule has 25 heavy (non-hydrogen) atoms. The van der Waals surface area contributed by atoms with Gasteiger partial charge in [-0.25, -0.2) is 9.97 Å². The Kier molecular flexibility index (Phi) is 4.18. The first-order chi connectivity index (χ1) is 12.3. The van der Waals surface area contributed by atoms with E-state index in [0.717, 1.165) is 38.8 Å². The molecule has 0 radical (unpaired) electrons. The van der Waals surface area contributed by atoms with Gasteiger partial charge in [0.1, 0.15) is 12.1 Å². The average molecular weight is 348 g/mol. The fraction of sp³-hybridized carbons (Fsp3) is 0.0526. The predicted octanol–water partition coefficient (Wildman–Crippen LogP) is 5.19. The molecule has 0 amide bonds. The standard InChI is InChI=1S/C19H16N4OS/c1-24-16-8-6-14(7-9-16)22-13-2-4-15(5-3-13)23-19-18-17(10-11-25-18)20-12-21-19/h2-12,22H,1H3,(H,20,21,23). The summed E-state index contributed by atoms with van der Waals surface area (Å²) in [6.07, 6.45) is 1.58. The van der Waals surface area contributed by atoms with E-state index in [9.17, 15) is 0 Å². The normalized spacial score (nSPS) is 10.6. The lowest BCUT2D eigenvalue weighted by atomic mass is 10.2. The highest BCUT2D eigenvalue weighted by atomic mass is 32.1. The van der Waals surface area contributed by atoms with Crippen molar-refractivity contribution in [3.8, 4) is 5.75 Å². The van der Waals surface area contributed by atoms with Crippen LogP contribution in [0, 0.1) is 0 Å². The fourth-order valence-electron chi connectivity index (χ4n) is 2.49. The molecule has 0 bridgehead atoms. The first-order valence-electron chi connectivity index (χ1n) is 7.78. The molecular formula is C19H16N4OS. The van der Waals surface area contributed by atoms with Gasteiger partial charge in [-0.05, 0) is 60.0 Å². The lowest BCUT2D eigenvalue weighted by Gasteiger charge is -2.10. The van der Waals surface area contributed by atoms with Gasteiger partial charge in [-0.2, -0.15) is 0 Å². The number of hydrogen-bond donors (Lipinski definition) is 2. The number of ether oxygens (including phenoxy) is 1. The van der Waals surface area contributed by atoms with Crippen molar-refractivity contribution in [3.05, 3.63) is 66.3 Å². The Bertz CT molecular complexity index is 980. The number of nitrogens with zero attached hydrogens (tertiary/aromatic N) is 2. The van der Waals surface area contributed by atoms with Crippen molar-refractivity contribution in [2.45, 2.75) is 0 Å². The SMILES string of the molecule is COc1ccc(Nc2ccc(Nc3ncnc4ccsc34)cc2)cc1. The lowest BCUT2D eigenvalue weighted by Crippen LogP contribution is -1.95. The van der Waals surface area contributed by atoms with Crippen LogP contribution < -0.4 is 15.4 Å². The van der Waals surface area contributed by atoms with E-state index in [1.54, 1.807) is 24.8 Å². The molecule has 2 aromatic heterocycles. The second-order valence-electron chi connectivity index (χ2n) is 5.41. The third kappa shape index (κ3) is 3.39. The summed E-state index contributed by atoms with van der Waals surface area (Å²) in [5, 5.41) is 8.74. The highest BCUT2D eigenvalue weighted by molar-refractivity contribution is 7.17. The second kappa shape index (κ2) is 6.78. The van der Waals surface area contributed by atoms with E-state index in [1.807, 2.05) is 60.0 Å². The van der Waals surface area contributed by atoms with Crippen LogP contribution in [0.1, 0.15) is 0 Å². The van der Waals surface area contributed by atoms with Gasteiger partial charge in [0.05, 0.1) is 17.3 Å². The zero-order valence-electron chi connectivity index (χ0n) is 13.6. The van der Waals surface area contributed by atoms with E-state index in [2.05, 4.69) is 20.6 Å². The van der Waals surface area contributed by atoms with Crippen molar-refractivity contribution in [2.75, 3.05) is 17.7 Å². The van der Waals surface area contributed by atoms with Crippen LogP contribution in [-0.4, -0.2) is 17.1 Å². The molecule has 0 saturated heterocycles. The number of hydrogen-bond acceptors (Lipinski definition) is 6. The summed E-state index contributed by atoms with van der Waals surface area (Å²) in [6, 6.07) is 17.9. The van der Waals surface area contributed by atoms with Gasteiger partial charge in [0, 0.05) is 17.1 Å². The van der Waals surface area contributed by atoms with E-state index in [1.165, 1.54) is 0 Å². The highest BCUT2D eigenvalue weighted by Gasteiger charge is 2.05. The summed E-state index contributed by atoms with van der Waals surface area (Å²) in [5.41, 5.74) is 3.96. The van der Waals surface area contributed by atoms with E-state index < -0.39 is 0 Å². The maximum Gasteiger partial charge on any atom is 0.151 e. The highest BCUT2D eigenvalue weighted by Crippen LogP contribution is 2.28. The van der Waals surface area contributed by atoms with Crippen LogP contribution in [0.3, 0.4) is 0 Å². The van der Waals surface area contributed by atoms with Crippen molar-refractivity contribution in [1.29, 1.82) is 0 Å². The zero-order chi connectivity index (χ0) is 17.1. The Morgan fingerprint density at radius 3 is 2.12 bits per heavy atom. The Balaban J connectivity index is 1.49. The van der Waals surface area contributed by atoms with Gasteiger partial charge < -0.3 is 15.4 Å². The summed E-state index contributed by atoms with van der Waals surface area (Å²) < 4.78 is 6.23. The molecule has 2 aromatic carbocycles. The number of anilines is 4. The number of nitrogens with one attached hydrogen (secondary N) is 2. The van der Waals surface area contributed by atoms with E-state index >= 15 is 0 Å². The van der Waals surface area contributed by atoms with Crippen LogP contribution in [0.5, 0.6) is 5.75 Å². The van der Waals surface area contributed by atoms with Crippen molar-refractivity contribution in [2.24, 2.45) is 0 Å². The molecule has 0 aliphatic carbocycles. The molecule has 0 aliphatic heterocycles.